The number of hydrogen-bond acceptors (Lipinski definition) is 5. The number of rotatable bonds is 2. The Balaban J connectivity index is 1.95. The fraction of sp³-hybridized carbons (Fsp3) is 0.538. The Morgan fingerprint density at radius 3 is 3.00 bits per heavy atom. The van der Waals surface area contributed by atoms with Gasteiger partial charge in [-0.2, -0.15) is 0 Å². The summed E-state index contributed by atoms with van der Waals surface area (Å²) in [4.78, 5) is 11.0. The summed E-state index contributed by atoms with van der Waals surface area (Å²) in [5.74, 6) is 1.03. The Hall–Kier alpha value is -1.20. The largest absolute Gasteiger partial charge is 0.354 e. The first kappa shape index (κ1) is 11.9. The molecule has 96 valence electrons. The lowest BCUT2D eigenvalue weighted by Crippen LogP contribution is -2.48. The number of hydrogen-bond donors (Lipinski definition) is 1. The van der Waals surface area contributed by atoms with Crippen LogP contribution in [0.1, 0.15) is 25.7 Å². The second-order valence-electron chi connectivity index (χ2n) is 4.96. The minimum Gasteiger partial charge on any atom is -0.354 e. The molecule has 1 saturated carbocycles. The Kier molecular flexibility index (Phi) is 3.18. The average Bonchev–Trinajstić information content (AvgIpc) is 2.86. The quantitative estimate of drug-likeness (QED) is 0.903. The Bertz CT molecular complexity index is 539. The molecule has 0 radical (unpaired) electrons. The van der Waals surface area contributed by atoms with Crippen LogP contribution in [0.5, 0.6) is 0 Å². The Morgan fingerprint density at radius 2 is 2.17 bits per heavy atom. The van der Waals surface area contributed by atoms with Gasteiger partial charge >= 0.3 is 0 Å². The van der Waals surface area contributed by atoms with E-state index in [9.17, 15) is 0 Å². The van der Waals surface area contributed by atoms with Crippen molar-refractivity contribution in [1.82, 2.24) is 9.97 Å². The third-order valence-corrected chi connectivity index (χ3v) is 4.74. The highest BCUT2D eigenvalue weighted by Gasteiger charge is 2.27. The summed E-state index contributed by atoms with van der Waals surface area (Å²) in [6, 6.07) is 2.70. The van der Waals surface area contributed by atoms with E-state index in [1.807, 2.05) is 6.07 Å². The minimum absolute atomic E-state index is 0.258. The molecule has 1 aliphatic carbocycles. The normalized spacial score (nSPS) is 24.3. The van der Waals surface area contributed by atoms with Gasteiger partial charge in [0, 0.05) is 19.1 Å². The topological polar surface area (TPSA) is 55.0 Å². The van der Waals surface area contributed by atoms with Gasteiger partial charge in [0.25, 0.3) is 0 Å². The lowest BCUT2D eigenvalue weighted by atomic mass is 9.90. The monoisotopic (exact) mass is 262 g/mol. The molecular weight excluding hydrogens is 244 g/mol. The second-order valence-corrected chi connectivity index (χ2v) is 5.87. The summed E-state index contributed by atoms with van der Waals surface area (Å²) < 4.78 is 1.16. The zero-order valence-electron chi connectivity index (χ0n) is 10.5. The van der Waals surface area contributed by atoms with E-state index in [0.717, 1.165) is 28.9 Å². The standard InChI is InChI=1S/C13H18N4S/c1-17(11-5-3-2-4-9(11)14)13-12-10(6-7-18-12)15-8-16-13/h6-9,11H,2-5,14H2,1H3. The van der Waals surface area contributed by atoms with Crippen molar-refractivity contribution in [3.05, 3.63) is 17.8 Å². The fourth-order valence-electron chi connectivity index (χ4n) is 2.81. The van der Waals surface area contributed by atoms with Gasteiger partial charge in [0.1, 0.15) is 12.1 Å². The number of anilines is 1. The van der Waals surface area contributed by atoms with E-state index in [4.69, 9.17) is 5.73 Å². The summed E-state index contributed by atoms with van der Waals surface area (Å²) in [5.41, 5.74) is 7.28. The first-order valence-electron chi connectivity index (χ1n) is 6.44. The first-order valence-corrected chi connectivity index (χ1v) is 7.32. The van der Waals surface area contributed by atoms with E-state index in [1.165, 1.54) is 12.8 Å². The molecule has 2 atom stereocenters. The molecule has 5 heteroatoms. The van der Waals surface area contributed by atoms with E-state index >= 15 is 0 Å². The van der Waals surface area contributed by atoms with Crippen molar-refractivity contribution in [2.45, 2.75) is 37.8 Å². The van der Waals surface area contributed by atoms with Gasteiger partial charge in [-0.1, -0.05) is 12.8 Å². The lowest BCUT2D eigenvalue weighted by Gasteiger charge is -2.36. The van der Waals surface area contributed by atoms with Crippen molar-refractivity contribution in [2.24, 2.45) is 5.73 Å². The highest BCUT2D eigenvalue weighted by molar-refractivity contribution is 7.17. The van der Waals surface area contributed by atoms with Crippen molar-refractivity contribution < 1.29 is 0 Å². The molecule has 2 N–H and O–H groups in total. The van der Waals surface area contributed by atoms with Crippen LogP contribution in [-0.4, -0.2) is 29.1 Å². The van der Waals surface area contributed by atoms with E-state index in [-0.39, 0.29) is 6.04 Å². The summed E-state index contributed by atoms with van der Waals surface area (Å²) in [5, 5.41) is 2.07. The molecule has 2 aromatic rings. The number of likely N-dealkylation sites (N-methyl/N-ethyl adjacent to an activating group) is 1. The molecule has 0 aromatic carbocycles. The van der Waals surface area contributed by atoms with E-state index in [0.29, 0.717) is 6.04 Å². The van der Waals surface area contributed by atoms with E-state index in [2.05, 4.69) is 27.3 Å². The van der Waals surface area contributed by atoms with Crippen LogP contribution in [-0.2, 0) is 0 Å². The van der Waals surface area contributed by atoms with Crippen molar-refractivity contribution in [1.29, 1.82) is 0 Å². The predicted molar refractivity (Wildman–Crippen MR) is 76.0 cm³/mol. The zero-order chi connectivity index (χ0) is 12.5. The van der Waals surface area contributed by atoms with Crippen LogP contribution < -0.4 is 10.6 Å². The molecule has 0 amide bonds. The summed E-state index contributed by atoms with van der Waals surface area (Å²) in [7, 11) is 2.11. The van der Waals surface area contributed by atoms with Crippen LogP contribution >= 0.6 is 11.3 Å². The molecule has 4 nitrogen and oxygen atoms in total. The van der Waals surface area contributed by atoms with Gasteiger partial charge < -0.3 is 10.6 Å². The molecule has 0 bridgehead atoms. The SMILES string of the molecule is CN(c1ncnc2ccsc12)C1CCCCC1N. The van der Waals surface area contributed by atoms with Crippen LogP contribution in [0, 0.1) is 0 Å². The number of aromatic nitrogens is 2. The van der Waals surface area contributed by atoms with Crippen molar-refractivity contribution >= 4 is 27.4 Å². The van der Waals surface area contributed by atoms with Gasteiger partial charge in [-0.25, -0.2) is 9.97 Å². The van der Waals surface area contributed by atoms with Crippen LogP contribution in [0.15, 0.2) is 17.8 Å². The summed E-state index contributed by atoms with van der Waals surface area (Å²) in [6.45, 7) is 0. The maximum absolute atomic E-state index is 6.25. The minimum atomic E-state index is 0.258. The van der Waals surface area contributed by atoms with E-state index in [1.54, 1.807) is 17.7 Å². The van der Waals surface area contributed by atoms with Crippen LogP contribution in [0.3, 0.4) is 0 Å². The molecule has 0 spiro atoms. The molecule has 2 aromatic heterocycles. The first-order chi connectivity index (χ1) is 8.77. The maximum atomic E-state index is 6.25. The fourth-order valence-corrected chi connectivity index (χ4v) is 3.68. The molecule has 3 rings (SSSR count). The molecule has 1 aliphatic rings. The second kappa shape index (κ2) is 4.82. The van der Waals surface area contributed by atoms with Gasteiger partial charge in [-0.15, -0.1) is 11.3 Å². The highest BCUT2D eigenvalue weighted by atomic mass is 32.1. The number of nitrogens with zero attached hydrogens (tertiary/aromatic N) is 3. The molecular formula is C13H18N4S. The smallest absolute Gasteiger partial charge is 0.150 e. The van der Waals surface area contributed by atoms with Gasteiger partial charge in [0.2, 0.25) is 0 Å². The average molecular weight is 262 g/mol. The van der Waals surface area contributed by atoms with Gasteiger partial charge in [0.05, 0.1) is 10.2 Å². The third kappa shape index (κ3) is 1.97. The predicted octanol–water partition coefficient (Wildman–Crippen LogP) is 2.40. The van der Waals surface area contributed by atoms with Crippen molar-refractivity contribution in [3.8, 4) is 0 Å². The zero-order valence-corrected chi connectivity index (χ0v) is 11.4. The summed E-state index contributed by atoms with van der Waals surface area (Å²) >= 11 is 1.70. The number of nitrogens with two attached hydrogens (primary N) is 1. The Morgan fingerprint density at radius 1 is 1.33 bits per heavy atom. The molecule has 2 unspecified atom stereocenters. The van der Waals surface area contributed by atoms with Gasteiger partial charge in [-0.3, -0.25) is 0 Å². The third-order valence-electron chi connectivity index (χ3n) is 3.84. The molecule has 1 fully saturated rings. The van der Waals surface area contributed by atoms with Crippen LogP contribution in [0.25, 0.3) is 10.2 Å². The Labute approximate surface area is 111 Å². The molecule has 2 heterocycles. The summed E-state index contributed by atoms with van der Waals surface area (Å²) in [6.07, 6.45) is 6.45. The van der Waals surface area contributed by atoms with Crippen molar-refractivity contribution in [2.75, 3.05) is 11.9 Å². The maximum Gasteiger partial charge on any atom is 0.150 e. The number of thiophene rings is 1. The van der Waals surface area contributed by atoms with Gasteiger partial charge in [0.15, 0.2) is 0 Å². The number of fused-ring (bicyclic) bond motifs is 1. The van der Waals surface area contributed by atoms with Crippen molar-refractivity contribution in [3.63, 3.8) is 0 Å². The van der Waals surface area contributed by atoms with E-state index < -0.39 is 0 Å². The van der Waals surface area contributed by atoms with Gasteiger partial charge in [-0.05, 0) is 24.3 Å². The van der Waals surface area contributed by atoms with Crippen LogP contribution in [0.4, 0.5) is 5.82 Å². The molecule has 18 heavy (non-hydrogen) atoms. The molecule has 0 saturated heterocycles. The van der Waals surface area contributed by atoms with Crippen LogP contribution in [0.2, 0.25) is 0 Å². The molecule has 0 aliphatic heterocycles. The lowest BCUT2D eigenvalue weighted by molar-refractivity contribution is 0.373. The highest BCUT2D eigenvalue weighted by Crippen LogP contribution is 2.31.